The van der Waals surface area contributed by atoms with E-state index in [-0.39, 0.29) is 5.41 Å². The van der Waals surface area contributed by atoms with Crippen LogP contribution in [0.5, 0.6) is 5.75 Å². The molecule has 1 rings (SSSR count). The Bertz CT molecular complexity index is 400. The summed E-state index contributed by atoms with van der Waals surface area (Å²) >= 11 is 0. The summed E-state index contributed by atoms with van der Waals surface area (Å²) in [7, 11) is 1.73. The Kier molecular flexibility index (Phi) is 5.17. The van der Waals surface area contributed by atoms with Gasteiger partial charge in [0.25, 0.3) is 0 Å². The maximum atomic E-state index is 5.52. The quantitative estimate of drug-likeness (QED) is 0.760. The van der Waals surface area contributed by atoms with Crippen molar-refractivity contribution in [2.45, 2.75) is 33.1 Å². The van der Waals surface area contributed by atoms with E-state index < -0.39 is 0 Å². The molecule has 0 aliphatic heterocycles. The van der Waals surface area contributed by atoms with Gasteiger partial charge in [-0.3, -0.25) is 0 Å². The molecule has 0 aliphatic carbocycles. The SMILES string of the molecule is COc1cc(C)c(C)cc1C(C)(C)CNCCN. The molecule has 18 heavy (non-hydrogen) atoms. The van der Waals surface area contributed by atoms with Gasteiger partial charge in [0.1, 0.15) is 5.75 Å². The third-order valence-electron chi connectivity index (χ3n) is 3.43. The lowest BCUT2D eigenvalue weighted by atomic mass is 9.82. The Morgan fingerprint density at radius 3 is 2.39 bits per heavy atom. The monoisotopic (exact) mass is 250 g/mol. The minimum Gasteiger partial charge on any atom is -0.496 e. The van der Waals surface area contributed by atoms with Crippen molar-refractivity contribution in [1.29, 1.82) is 0 Å². The maximum Gasteiger partial charge on any atom is 0.122 e. The second-order valence-electron chi connectivity index (χ2n) is 5.49. The molecule has 0 saturated carbocycles. The van der Waals surface area contributed by atoms with E-state index in [1.807, 2.05) is 0 Å². The number of ether oxygens (including phenoxy) is 1. The first kappa shape index (κ1) is 15.0. The van der Waals surface area contributed by atoms with Crippen LogP contribution in [0.4, 0.5) is 0 Å². The van der Waals surface area contributed by atoms with Crippen molar-refractivity contribution in [2.75, 3.05) is 26.7 Å². The van der Waals surface area contributed by atoms with Gasteiger partial charge in [-0.2, -0.15) is 0 Å². The summed E-state index contributed by atoms with van der Waals surface area (Å²) in [5, 5.41) is 3.38. The number of nitrogens with one attached hydrogen (secondary N) is 1. The fourth-order valence-electron chi connectivity index (χ4n) is 2.09. The zero-order valence-electron chi connectivity index (χ0n) is 12.3. The molecule has 0 bridgehead atoms. The molecule has 3 heteroatoms. The number of hydrogen-bond acceptors (Lipinski definition) is 3. The van der Waals surface area contributed by atoms with Crippen LogP contribution in [0.1, 0.15) is 30.5 Å². The molecule has 3 N–H and O–H groups in total. The summed E-state index contributed by atoms with van der Waals surface area (Å²) < 4.78 is 5.52. The number of nitrogens with two attached hydrogens (primary N) is 1. The minimum atomic E-state index is 0.0268. The Morgan fingerprint density at radius 1 is 1.22 bits per heavy atom. The van der Waals surface area contributed by atoms with E-state index in [4.69, 9.17) is 10.5 Å². The highest BCUT2D eigenvalue weighted by molar-refractivity contribution is 5.45. The summed E-state index contributed by atoms with van der Waals surface area (Å²) in [6.45, 7) is 11.1. The van der Waals surface area contributed by atoms with Crippen molar-refractivity contribution in [3.63, 3.8) is 0 Å². The zero-order valence-corrected chi connectivity index (χ0v) is 12.3. The number of methoxy groups -OCH3 is 1. The highest BCUT2D eigenvalue weighted by atomic mass is 16.5. The average Bonchev–Trinajstić information content (AvgIpc) is 2.32. The van der Waals surface area contributed by atoms with Gasteiger partial charge in [-0.15, -0.1) is 0 Å². The van der Waals surface area contributed by atoms with Crippen molar-refractivity contribution in [3.8, 4) is 5.75 Å². The van der Waals surface area contributed by atoms with Gasteiger partial charge < -0.3 is 15.8 Å². The van der Waals surface area contributed by atoms with Crippen LogP contribution in [0, 0.1) is 13.8 Å². The largest absolute Gasteiger partial charge is 0.496 e. The molecular weight excluding hydrogens is 224 g/mol. The predicted octanol–water partition coefficient (Wildman–Crippen LogP) is 2.14. The highest BCUT2D eigenvalue weighted by Gasteiger charge is 2.24. The van der Waals surface area contributed by atoms with Gasteiger partial charge in [-0.05, 0) is 31.0 Å². The van der Waals surface area contributed by atoms with Gasteiger partial charge >= 0.3 is 0 Å². The van der Waals surface area contributed by atoms with E-state index >= 15 is 0 Å². The third-order valence-corrected chi connectivity index (χ3v) is 3.43. The standard InChI is InChI=1S/C15H26N2O/c1-11-8-13(14(18-5)9-12(11)2)15(3,4)10-17-7-6-16/h8-9,17H,6-7,10,16H2,1-5H3. The molecule has 1 aromatic rings. The third kappa shape index (κ3) is 3.47. The minimum absolute atomic E-state index is 0.0268. The molecule has 0 heterocycles. The van der Waals surface area contributed by atoms with Gasteiger partial charge in [0.2, 0.25) is 0 Å². The fraction of sp³-hybridized carbons (Fsp3) is 0.600. The Balaban J connectivity index is 3.02. The zero-order chi connectivity index (χ0) is 13.8. The summed E-state index contributed by atoms with van der Waals surface area (Å²) in [5.41, 5.74) is 9.35. The smallest absolute Gasteiger partial charge is 0.122 e. The molecule has 0 fully saturated rings. The van der Waals surface area contributed by atoms with Crippen molar-refractivity contribution in [3.05, 3.63) is 28.8 Å². The van der Waals surface area contributed by atoms with E-state index in [9.17, 15) is 0 Å². The van der Waals surface area contributed by atoms with Crippen molar-refractivity contribution < 1.29 is 4.74 Å². The summed E-state index contributed by atoms with van der Waals surface area (Å²) in [4.78, 5) is 0. The van der Waals surface area contributed by atoms with E-state index in [0.717, 1.165) is 18.8 Å². The van der Waals surface area contributed by atoms with Crippen LogP contribution >= 0.6 is 0 Å². The molecule has 3 nitrogen and oxygen atoms in total. The second-order valence-corrected chi connectivity index (χ2v) is 5.49. The lowest BCUT2D eigenvalue weighted by Gasteiger charge is -2.28. The normalized spacial score (nSPS) is 11.7. The first-order valence-corrected chi connectivity index (χ1v) is 6.49. The summed E-state index contributed by atoms with van der Waals surface area (Å²) in [5.74, 6) is 0.970. The molecule has 0 aliphatic rings. The van der Waals surface area contributed by atoms with Crippen LogP contribution in [-0.2, 0) is 5.41 Å². The van der Waals surface area contributed by atoms with Crippen molar-refractivity contribution in [2.24, 2.45) is 5.73 Å². The second kappa shape index (κ2) is 6.21. The topological polar surface area (TPSA) is 47.3 Å². The van der Waals surface area contributed by atoms with Crippen LogP contribution in [0.25, 0.3) is 0 Å². The highest BCUT2D eigenvalue weighted by Crippen LogP contribution is 2.33. The average molecular weight is 250 g/mol. The van der Waals surface area contributed by atoms with E-state index in [0.29, 0.717) is 6.54 Å². The van der Waals surface area contributed by atoms with Crippen LogP contribution in [0.2, 0.25) is 0 Å². The van der Waals surface area contributed by atoms with Crippen molar-refractivity contribution >= 4 is 0 Å². The molecule has 102 valence electrons. The van der Waals surface area contributed by atoms with Gasteiger partial charge in [0.05, 0.1) is 7.11 Å². The molecule has 0 atom stereocenters. The number of benzene rings is 1. The molecule has 0 spiro atoms. The van der Waals surface area contributed by atoms with Gasteiger partial charge in [-0.25, -0.2) is 0 Å². The summed E-state index contributed by atoms with van der Waals surface area (Å²) in [6.07, 6.45) is 0. The van der Waals surface area contributed by atoms with Crippen molar-refractivity contribution in [1.82, 2.24) is 5.32 Å². The first-order chi connectivity index (χ1) is 8.42. The first-order valence-electron chi connectivity index (χ1n) is 6.49. The van der Waals surface area contributed by atoms with E-state index in [1.165, 1.54) is 16.7 Å². The Labute approximate surface area is 111 Å². The molecule has 1 aromatic carbocycles. The fourth-order valence-corrected chi connectivity index (χ4v) is 2.09. The van der Waals surface area contributed by atoms with Gasteiger partial charge in [-0.1, -0.05) is 19.9 Å². The predicted molar refractivity (Wildman–Crippen MR) is 77.4 cm³/mol. The lowest BCUT2D eigenvalue weighted by Crippen LogP contribution is -2.35. The Morgan fingerprint density at radius 2 is 1.83 bits per heavy atom. The number of aryl methyl sites for hydroxylation is 2. The number of hydrogen-bond donors (Lipinski definition) is 2. The molecule has 0 radical (unpaired) electrons. The Hall–Kier alpha value is -1.06. The molecule has 0 unspecified atom stereocenters. The number of rotatable bonds is 6. The van der Waals surface area contributed by atoms with Gasteiger partial charge in [0.15, 0.2) is 0 Å². The molecule has 0 saturated heterocycles. The molecular formula is C15H26N2O. The van der Waals surface area contributed by atoms with Crippen LogP contribution in [0.15, 0.2) is 12.1 Å². The van der Waals surface area contributed by atoms with Crippen LogP contribution in [0.3, 0.4) is 0 Å². The van der Waals surface area contributed by atoms with Gasteiger partial charge in [0, 0.05) is 30.6 Å². The summed E-state index contributed by atoms with van der Waals surface area (Å²) in [6, 6.07) is 4.35. The molecule has 0 aromatic heterocycles. The lowest BCUT2D eigenvalue weighted by molar-refractivity contribution is 0.386. The molecule has 0 amide bonds. The van der Waals surface area contributed by atoms with Crippen LogP contribution in [-0.4, -0.2) is 26.7 Å². The van der Waals surface area contributed by atoms with E-state index in [2.05, 4.69) is 45.1 Å². The van der Waals surface area contributed by atoms with E-state index in [1.54, 1.807) is 7.11 Å². The van der Waals surface area contributed by atoms with Crippen LogP contribution < -0.4 is 15.8 Å². The maximum absolute atomic E-state index is 5.52.